The third kappa shape index (κ3) is 8.23. The predicted octanol–water partition coefficient (Wildman–Crippen LogP) is 3.68. The van der Waals surface area contributed by atoms with Crippen molar-refractivity contribution in [2.45, 2.75) is 72.6 Å². The van der Waals surface area contributed by atoms with Gasteiger partial charge in [-0.05, 0) is 11.8 Å². The fraction of sp³-hybridized carbons (Fsp3) is 0.625. The highest BCUT2D eigenvalue weighted by molar-refractivity contribution is 7.09. The van der Waals surface area contributed by atoms with Crippen LogP contribution >= 0.6 is 11.3 Å². The fourth-order valence-electron chi connectivity index (χ4n) is 3.62. The van der Waals surface area contributed by atoms with Crippen LogP contribution in [-0.2, 0) is 20.9 Å². The molecule has 188 valence electrons. The first kappa shape index (κ1) is 27.5. The quantitative estimate of drug-likeness (QED) is 0.429. The van der Waals surface area contributed by atoms with Crippen LogP contribution in [0.25, 0.3) is 0 Å². The molecule has 0 fully saturated rings. The van der Waals surface area contributed by atoms with Gasteiger partial charge < -0.3 is 19.5 Å². The van der Waals surface area contributed by atoms with E-state index in [2.05, 4.69) is 29.1 Å². The average molecular weight is 492 g/mol. The number of carbonyl (C=O) groups excluding carboxylic acids is 3. The summed E-state index contributed by atoms with van der Waals surface area (Å²) in [6.45, 7) is 10.6. The Kier molecular flexibility index (Phi) is 10.7. The van der Waals surface area contributed by atoms with Gasteiger partial charge in [0, 0.05) is 63.7 Å². The second-order valence-electron chi connectivity index (χ2n) is 8.99. The zero-order chi connectivity index (χ0) is 25.3. The van der Waals surface area contributed by atoms with Gasteiger partial charge in [0.15, 0.2) is 6.10 Å². The lowest BCUT2D eigenvalue weighted by Gasteiger charge is -2.34. The van der Waals surface area contributed by atoms with Crippen LogP contribution in [0.3, 0.4) is 0 Å². The molecule has 0 saturated carbocycles. The number of ether oxygens (including phenoxy) is 1. The Balaban J connectivity index is 2.09. The van der Waals surface area contributed by atoms with Crippen LogP contribution < -0.4 is 5.32 Å². The third-order valence-electron chi connectivity index (χ3n) is 5.89. The molecule has 10 heteroatoms. The molecule has 0 radical (unpaired) electrons. The van der Waals surface area contributed by atoms with E-state index in [9.17, 15) is 14.4 Å². The number of nitrogens with one attached hydrogen (secondary N) is 1. The zero-order valence-corrected chi connectivity index (χ0v) is 21.8. The number of hydrogen-bond donors (Lipinski definition) is 1. The molecule has 9 nitrogen and oxygen atoms in total. The van der Waals surface area contributed by atoms with E-state index in [-0.39, 0.29) is 29.5 Å². The number of carbonyl (C=O) groups is 3. The molecule has 2 aromatic heterocycles. The first-order valence-electron chi connectivity index (χ1n) is 11.7. The van der Waals surface area contributed by atoms with Crippen LogP contribution in [-0.4, -0.2) is 56.9 Å². The maximum Gasteiger partial charge on any atom is 0.303 e. The van der Waals surface area contributed by atoms with Crippen LogP contribution in [0.1, 0.15) is 75.5 Å². The van der Waals surface area contributed by atoms with Crippen molar-refractivity contribution < 1.29 is 19.1 Å². The molecule has 34 heavy (non-hydrogen) atoms. The average Bonchev–Trinajstić information content (AvgIpc) is 3.47. The number of amides is 2. The second-order valence-corrected chi connectivity index (χ2v) is 9.88. The van der Waals surface area contributed by atoms with Gasteiger partial charge in [0.25, 0.3) is 5.91 Å². The summed E-state index contributed by atoms with van der Waals surface area (Å²) in [6, 6.07) is -0.141. The molecule has 0 unspecified atom stereocenters. The largest absolute Gasteiger partial charge is 0.455 e. The molecule has 0 aromatic carbocycles. The Labute approximate surface area is 205 Å². The summed E-state index contributed by atoms with van der Waals surface area (Å²) < 4.78 is 7.47. The van der Waals surface area contributed by atoms with Crippen molar-refractivity contribution in [3.63, 3.8) is 0 Å². The van der Waals surface area contributed by atoms with Crippen molar-refractivity contribution in [1.29, 1.82) is 0 Å². The molecule has 2 heterocycles. The van der Waals surface area contributed by atoms with Gasteiger partial charge in [-0.15, -0.1) is 11.3 Å². The molecular weight excluding hydrogens is 454 g/mol. The first-order chi connectivity index (χ1) is 16.1. The molecular formula is C24H37N5O4S. The van der Waals surface area contributed by atoms with Crippen molar-refractivity contribution in [2.24, 2.45) is 11.8 Å². The smallest absolute Gasteiger partial charge is 0.303 e. The normalized spacial score (nSPS) is 13.9. The number of aromatic nitrogens is 3. The highest BCUT2D eigenvalue weighted by Gasteiger charge is 2.31. The standard InChI is InChI=1S/C24H37N5O4S/c1-7-17(4)12-22(31)28(6)20(16(2)3)13-21(33-18(5)30)24-27-19(14-34-24)23(32)26-9-11-29-10-8-25-15-29/h8,10,14-17,20-21H,7,9,11-13H2,1-6H3,(H,26,32)/t17-,20+,21+/m0/s1. The Bertz CT molecular complexity index is 928. The molecule has 0 aliphatic heterocycles. The van der Waals surface area contributed by atoms with E-state index in [0.29, 0.717) is 36.9 Å². The molecule has 1 N–H and O–H groups in total. The second kappa shape index (κ2) is 13.2. The van der Waals surface area contributed by atoms with Crippen molar-refractivity contribution in [3.8, 4) is 0 Å². The van der Waals surface area contributed by atoms with Gasteiger partial charge in [0.2, 0.25) is 5.91 Å². The number of imidazole rings is 1. The Morgan fingerprint density at radius 3 is 2.59 bits per heavy atom. The maximum atomic E-state index is 12.8. The van der Waals surface area contributed by atoms with E-state index in [1.54, 1.807) is 29.9 Å². The monoisotopic (exact) mass is 491 g/mol. The summed E-state index contributed by atoms with van der Waals surface area (Å²) in [5, 5.41) is 5.05. The van der Waals surface area contributed by atoms with Gasteiger partial charge in [-0.3, -0.25) is 14.4 Å². The topological polar surface area (TPSA) is 106 Å². The van der Waals surface area contributed by atoms with Gasteiger partial charge in [-0.1, -0.05) is 34.1 Å². The lowest BCUT2D eigenvalue weighted by atomic mass is 9.95. The Hall–Kier alpha value is -2.75. The minimum Gasteiger partial charge on any atom is -0.455 e. The van der Waals surface area contributed by atoms with Crippen molar-refractivity contribution in [2.75, 3.05) is 13.6 Å². The van der Waals surface area contributed by atoms with E-state index < -0.39 is 12.1 Å². The molecule has 0 aliphatic rings. The highest BCUT2D eigenvalue weighted by atomic mass is 32.1. The van der Waals surface area contributed by atoms with Gasteiger partial charge >= 0.3 is 5.97 Å². The SMILES string of the molecule is CC[C@H](C)CC(=O)N(C)[C@H](C[C@@H](OC(C)=O)c1nc(C(=O)NCCn2ccnc2)cs1)C(C)C. The van der Waals surface area contributed by atoms with Gasteiger partial charge in [-0.2, -0.15) is 0 Å². The van der Waals surface area contributed by atoms with Crippen molar-refractivity contribution in [3.05, 3.63) is 34.8 Å². The van der Waals surface area contributed by atoms with Crippen LogP contribution in [0.5, 0.6) is 0 Å². The fourth-order valence-corrected chi connectivity index (χ4v) is 4.46. The molecule has 0 bridgehead atoms. The van der Waals surface area contributed by atoms with Gasteiger partial charge in [-0.25, -0.2) is 9.97 Å². The van der Waals surface area contributed by atoms with Crippen LogP contribution in [0.15, 0.2) is 24.1 Å². The minimum atomic E-state index is -0.638. The van der Waals surface area contributed by atoms with Crippen LogP contribution in [0.4, 0.5) is 0 Å². The summed E-state index contributed by atoms with van der Waals surface area (Å²) >= 11 is 1.28. The zero-order valence-electron chi connectivity index (χ0n) is 21.0. The summed E-state index contributed by atoms with van der Waals surface area (Å²) in [6.07, 6.45) is 6.39. The molecule has 2 rings (SSSR count). The number of hydrogen-bond acceptors (Lipinski definition) is 7. The summed E-state index contributed by atoms with van der Waals surface area (Å²) in [5.41, 5.74) is 0.282. The number of nitrogens with zero attached hydrogens (tertiary/aromatic N) is 4. The summed E-state index contributed by atoms with van der Waals surface area (Å²) in [7, 11) is 1.81. The van der Waals surface area contributed by atoms with E-state index >= 15 is 0 Å². The number of thiazole rings is 1. The molecule has 0 saturated heterocycles. The first-order valence-corrected chi connectivity index (χ1v) is 12.6. The summed E-state index contributed by atoms with van der Waals surface area (Å²) in [5.74, 6) is -0.185. The van der Waals surface area contributed by atoms with Crippen molar-refractivity contribution >= 4 is 29.1 Å². The number of esters is 1. The molecule has 2 amide bonds. The van der Waals surface area contributed by atoms with Gasteiger partial charge in [0.1, 0.15) is 10.7 Å². The van der Waals surface area contributed by atoms with E-state index in [1.807, 2.05) is 24.6 Å². The van der Waals surface area contributed by atoms with E-state index in [4.69, 9.17) is 4.74 Å². The maximum absolute atomic E-state index is 12.8. The molecule has 3 atom stereocenters. The number of rotatable bonds is 13. The molecule has 2 aromatic rings. The lowest BCUT2D eigenvalue weighted by Crippen LogP contribution is -2.42. The van der Waals surface area contributed by atoms with Crippen LogP contribution in [0.2, 0.25) is 0 Å². The molecule has 0 spiro atoms. The highest BCUT2D eigenvalue weighted by Crippen LogP contribution is 2.30. The predicted molar refractivity (Wildman–Crippen MR) is 131 cm³/mol. The lowest BCUT2D eigenvalue weighted by molar-refractivity contribution is -0.148. The van der Waals surface area contributed by atoms with Gasteiger partial charge in [0.05, 0.1) is 6.33 Å². The third-order valence-corrected chi connectivity index (χ3v) is 6.83. The molecule has 0 aliphatic carbocycles. The van der Waals surface area contributed by atoms with E-state index in [0.717, 1.165) is 6.42 Å². The Morgan fingerprint density at radius 2 is 2.00 bits per heavy atom. The van der Waals surface area contributed by atoms with Crippen LogP contribution in [0, 0.1) is 11.8 Å². The minimum absolute atomic E-state index is 0.0757. The Morgan fingerprint density at radius 1 is 1.26 bits per heavy atom. The summed E-state index contributed by atoms with van der Waals surface area (Å²) in [4.78, 5) is 47.4. The van der Waals surface area contributed by atoms with E-state index in [1.165, 1.54) is 18.3 Å². The van der Waals surface area contributed by atoms with Crippen molar-refractivity contribution in [1.82, 2.24) is 24.8 Å².